The third-order valence-corrected chi connectivity index (χ3v) is 5.71. The summed E-state index contributed by atoms with van der Waals surface area (Å²) in [5, 5.41) is 0.343. The Morgan fingerprint density at radius 3 is 2.29 bits per heavy atom. The quantitative estimate of drug-likeness (QED) is 0.634. The Hall–Kier alpha value is -2.42. The second-order valence-electron chi connectivity index (χ2n) is 6.67. The van der Waals surface area contributed by atoms with Crippen molar-refractivity contribution in [3.63, 3.8) is 0 Å². The number of anilines is 2. The van der Waals surface area contributed by atoms with Crippen LogP contribution < -0.4 is 9.62 Å². The number of likely N-dealkylation sites (N-methyl/N-ethyl adjacent to an activating group) is 2. The average Bonchev–Trinajstić information content (AvgIpc) is 2.65. The maximum absolute atomic E-state index is 12.9. The number of fused-ring (bicyclic) bond motifs is 1. The van der Waals surface area contributed by atoms with Crippen molar-refractivity contribution in [1.82, 2.24) is 14.9 Å². The van der Waals surface area contributed by atoms with Crippen LogP contribution in [0.1, 0.15) is 0 Å². The van der Waals surface area contributed by atoms with Crippen molar-refractivity contribution in [2.24, 2.45) is 0 Å². The van der Waals surface area contributed by atoms with Crippen LogP contribution in [0.15, 0.2) is 53.4 Å². The van der Waals surface area contributed by atoms with Crippen LogP contribution in [0, 0.1) is 0 Å². The van der Waals surface area contributed by atoms with Gasteiger partial charge >= 0.3 is 0 Å². The highest BCUT2D eigenvalue weighted by molar-refractivity contribution is 7.92. The first-order valence-corrected chi connectivity index (χ1v) is 10.5. The van der Waals surface area contributed by atoms with Crippen molar-refractivity contribution in [3.8, 4) is 0 Å². The molecule has 7 nitrogen and oxygen atoms in total. The second-order valence-corrected chi connectivity index (χ2v) is 8.79. The van der Waals surface area contributed by atoms with Crippen molar-refractivity contribution in [3.05, 3.63) is 53.6 Å². The second kappa shape index (κ2) is 8.30. The van der Waals surface area contributed by atoms with Gasteiger partial charge in [0.1, 0.15) is 0 Å². The van der Waals surface area contributed by atoms with Crippen molar-refractivity contribution in [2.45, 2.75) is 4.90 Å². The van der Waals surface area contributed by atoms with Gasteiger partial charge in [-0.3, -0.25) is 4.72 Å². The SMILES string of the molecule is CN(C)CCN(C)c1nc2ccccc2nc1NS(=O)(=O)c1cccc(Cl)c1. The fourth-order valence-corrected chi connectivity index (χ4v) is 3.91. The molecular formula is C19H22ClN5O2S. The molecule has 0 amide bonds. The van der Waals surface area contributed by atoms with Gasteiger partial charge in [0.25, 0.3) is 10.0 Å². The molecule has 3 aromatic rings. The summed E-state index contributed by atoms with van der Waals surface area (Å²) < 4.78 is 28.3. The zero-order chi connectivity index (χ0) is 20.3. The standard InChI is InChI=1S/C19H22ClN5O2S/c1-24(2)11-12-25(3)19-18(21-16-9-4-5-10-17(16)22-19)23-28(26,27)15-8-6-7-14(20)13-15/h4-10,13H,11-12H2,1-3H3,(H,21,23). The zero-order valence-electron chi connectivity index (χ0n) is 15.9. The van der Waals surface area contributed by atoms with Gasteiger partial charge < -0.3 is 9.80 Å². The summed E-state index contributed by atoms with van der Waals surface area (Å²) in [6, 6.07) is 13.4. The van der Waals surface area contributed by atoms with Crippen LogP contribution in [-0.4, -0.2) is 57.5 Å². The van der Waals surface area contributed by atoms with E-state index in [1.807, 2.05) is 49.1 Å². The van der Waals surface area contributed by atoms with Crippen LogP contribution in [0.2, 0.25) is 5.02 Å². The van der Waals surface area contributed by atoms with Crippen LogP contribution in [0.3, 0.4) is 0 Å². The first-order valence-electron chi connectivity index (χ1n) is 8.67. The van der Waals surface area contributed by atoms with E-state index in [0.29, 0.717) is 28.4 Å². The molecule has 148 valence electrons. The van der Waals surface area contributed by atoms with Crippen molar-refractivity contribution >= 4 is 44.3 Å². The van der Waals surface area contributed by atoms with Crippen molar-refractivity contribution < 1.29 is 8.42 Å². The van der Waals surface area contributed by atoms with Crippen LogP contribution in [0.25, 0.3) is 11.0 Å². The lowest BCUT2D eigenvalue weighted by Gasteiger charge is -2.23. The molecule has 1 heterocycles. The van der Waals surface area contributed by atoms with E-state index >= 15 is 0 Å². The molecule has 0 aliphatic rings. The number of halogens is 1. The minimum absolute atomic E-state index is 0.0665. The predicted molar refractivity (Wildman–Crippen MR) is 114 cm³/mol. The first-order chi connectivity index (χ1) is 13.3. The minimum atomic E-state index is -3.87. The minimum Gasteiger partial charge on any atom is -0.355 e. The Morgan fingerprint density at radius 1 is 0.964 bits per heavy atom. The summed E-state index contributed by atoms with van der Waals surface area (Å²) in [5.41, 5.74) is 1.30. The molecule has 9 heteroatoms. The Bertz CT molecular complexity index is 1090. The molecule has 3 rings (SSSR count). The molecule has 2 aromatic carbocycles. The highest BCUT2D eigenvalue weighted by Crippen LogP contribution is 2.27. The molecule has 0 unspecified atom stereocenters. The van der Waals surface area contributed by atoms with E-state index in [1.165, 1.54) is 12.1 Å². The first kappa shape index (κ1) is 20.3. The smallest absolute Gasteiger partial charge is 0.263 e. The lowest BCUT2D eigenvalue weighted by molar-refractivity contribution is 0.416. The number of para-hydroxylation sites is 2. The molecule has 0 aliphatic heterocycles. The molecule has 0 bridgehead atoms. The number of aromatic nitrogens is 2. The number of rotatable bonds is 7. The number of hydrogen-bond acceptors (Lipinski definition) is 6. The molecule has 28 heavy (non-hydrogen) atoms. The van der Waals surface area contributed by atoms with Gasteiger partial charge in [0.15, 0.2) is 11.6 Å². The molecule has 0 atom stereocenters. The number of sulfonamides is 1. The highest BCUT2D eigenvalue weighted by Gasteiger charge is 2.21. The van der Waals surface area contributed by atoms with Crippen molar-refractivity contribution in [2.75, 3.05) is 43.9 Å². The molecule has 0 aliphatic carbocycles. The Balaban J connectivity index is 2.03. The third-order valence-electron chi connectivity index (χ3n) is 4.13. The number of nitrogens with one attached hydrogen (secondary N) is 1. The molecule has 0 radical (unpaired) electrons. The molecular weight excluding hydrogens is 398 g/mol. The van der Waals surface area contributed by atoms with Crippen LogP contribution in [0.5, 0.6) is 0 Å². The zero-order valence-corrected chi connectivity index (χ0v) is 17.5. The Morgan fingerprint density at radius 2 is 1.64 bits per heavy atom. The molecule has 0 fully saturated rings. The Kier molecular flexibility index (Phi) is 6.02. The summed E-state index contributed by atoms with van der Waals surface area (Å²) in [6.07, 6.45) is 0. The highest BCUT2D eigenvalue weighted by atomic mass is 35.5. The largest absolute Gasteiger partial charge is 0.355 e. The van der Waals surface area contributed by atoms with Gasteiger partial charge in [-0.25, -0.2) is 18.4 Å². The van der Waals surface area contributed by atoms with E-state index in [0.717, 1.165) is 6.54 Å². The lowest BCUT2D eigenvalue weighted by atomic mass is 10.3. The molecule has 0 saturated heterocycles. The third kappa shape index (κ3) is 4.70. The molecule has 0 saturated carbocycles. The maximum Gasteiger partial charge on any atom is 0.263 e. The molecule has 1 N–H and O–H groups in total. The lowest BCUT2D eigenvalue weighted by Crippen LogP contribution is -2.30. The normalized spacial score (nSPS) is 11.8. The topological polar surface area (TPSA) is 78.4 Å². The van der Waals surface area contributed by atoms with E-state index in [4.69, 9.17) is 11.6 Å². The molecule has 0 spiro atoms. The summed E-state index contributed by atoms with van der Waals surface area (Å²) in [6.45, 7) is 1.44. The van der Waals surface area contributed by atoms with Gasteiger partial charge in [-0.2, -0.15) is 0 Å². The van der Waals surface area contributed by atoms with E-state index in [2.05, 4.69) is 14.7 Å². The van der Waals surface area contributed by atoms with E-state index in [1.54, 1.807) is 18.2 Å². The van der Waals surface area contributed by atoms with Crippen LogP contribution >= 0.6 is 11.6 Å². The van der Waals surface area contributed by atoms with Gasteiger partial charge in [-0.05, 0) is 44.4 Å². The van der Waals surface area contributed by atoms with Gasteiger partial charge in [0.05, 0.1) is 15.9 Å². The van der Waals surface area contributed by atoms with Gasteiger partial charge in [0, 0.05) is 25.2 Å². The fourth-order valence-electron chi connectivity index (χ4n) is 2.60. The molecule has 1 aromatic heterocycles. The monoisotopic (exact) mass is 419 g/mol. The van der Waals surface area contributed by atoms with Gasteiger partial charge in [-0.15, -0.1) is 0 Å². The maximum atomic E-state index is 12.9. The average molecular weight is 420 g/mol. The van der Waals surface area contributed by atoms with E-state index in [-0.39, 0.29) is 10.7 Å². The number of benzene rings is 2. The number of nitrogens with zero attached hydrogens (tertiary/aromatic N) is 4. The van der Waals surface area contributed by atoms with E-state index < -0.39 is 10.0 Å². The summed E-state index contributed by atoms with van der Waals surface area (Å²) >= 11 is 5.95. The summed E-state index contributed by atoms with van der Waals surface area (Å²) in [7, 11) is 1.94. The van der Waals surface area contributed by atoms with Gasteiger partial charge in [-0.1, -0.05) is 29.8 Å². The Labute approximate surface area is 170 Å². The van der Waals surface area contributed by atoms with Gasteiger partial charge in [0.2, 0.25) is 0 Å². The fraction of sp³-hybridized carbons (Fsp3) is 0.263. The number of hydrogen-bond donors (Lipinski definition) is 1. The summed E-state index contributed by atoms with van der Waals surface area (Å²) in [5.74, 6) is 0.645. The van der Waals surface area contributed by atoms with Crippen molar-refractivity contribution in [1.29, 1.82) is 0 Å². The predicted octanol–water partition coefficient (Wildman–Crippen LogP) is 3.08. The summed E-state index contributed by atoms with van der Waals surface area (Å²) in [4.78, 5) is 13.1. The van der Waals surface area contributed by atoms with E-state index in [9.17, 15) is 8.42 Å². The van der Waals surface area contributed by atoms with Crippen LogP contribution in [-0.2, 0) is 10.0 Å². The van der Waals surface area contributed by atoms with Crippen LogP contribution in [0.4, 0.5) is 11.6 Å².